The molecule has 16 heavy (non-hydrogen) atoms. The number of nitrogens with two attached hydrogens (primary N) is 1. The van der Waals surface area contributed by atoms with E-state index in [0.717, 1.165) is 6.07 Å². The molecule has 0 aromatic heterocycles. The van der Waals surface area contributed by atoms with Gasteiger partial charge in [0.25, 0.3) is 0 Å². The number of hydrogen-bond donors (Lipinski definition) is 2. The Kier molecular flexibility index (Phi) is 3.68. The first-order valence-corrected chi connectivity index (χ1v) is 4.37. The van der Waals surface area contributed by atoms with Crippen molar-refractivity contribution in [1.29, 1.82) is 0 Å². The third kappa shape index (κ3) is 2.60. The van der Waals surface area contributed by atoms with Crippen LogP contribution in [0.2, 0.25) is 0 Å². The Labute approximate surface area is 89.7 Å². The van der Waals surface area contributed by atoms with Crippen LogP contribution in [0, 0.1) is 11.6 Å². The van der Waals surface area contributed by atoms with E-state index in [1.807, 2.05) is 0 Å². The zero-order chi connectivity index (χ0) is 12.3. The number of carboxylic acids is 1. The van der Waals surface area contributed by atoms with Gasteiger partial charge >= 0.3 is 5.97 Å². The number of aliphatic carboxylic acids is 1. The van der Waals surface area contributed by atoms with E-state index >= 15 is 0 Å². The van der Waals surface area contributed by atoms with Gasteiger partial charge in [-0.25, -0.2) is 8.78 Å². The molecule has 1 atom stereocenters. The van der Waals surface area contributed by atoms with Crippen molar-refractivity contribution in [3.05, 3.63) is 34.9 Å². The first-order valence-electron chi connectivity index (χ1n) is 4.37. The molecule has 86 valence electrons. The number of hydrogen-bond acceptors (Lipinski definition) is 3. The minimum Gasteiger partial charge on any atom is -0.480 e. The predicted molar refractivity (Wildman–Crippen MR) is 51.1 cm³/mol. The molecule has 0 bridgehead atoms. The summed E-state index contributed by atoms with van der Waals surface area (Å²) in [5.41, 5.74) is 5.20. The molecule has 0 heterocycles. The lowest BCUT2D eigenvalue weighted by atomic mass is 10.0. The van der Waals surface area contributed by atoms with Gasteiger partial charge in [-0.15, -0.1) is 0 Å². The van der Waals surface area contributed by atoms with Gasteiger partial charge in [0.05, 0.1) is 0 Å². The van der Waals surface area contributed by atoms with E-state index in [4.69, 9.17) is 10.8 Å². The first-order chi connectivity index (χ1) is 7.45. The average Bonchev–Trinajstić information content (AvgIpc) is 2.22. The van der Waals surface area contributed by atoms with Crippen LogP contribution in [-0.2, 0) is 11.2 Å². The maximum absolute atomic E-state index is 12.9. The highest BCUT2D eigenvalue weighted by atomic mass is 19.2. The monoisotopic (exact) mass is 229 g/mol. The van der Waals surface area contributed by atoms with Gasteiger partial charge in [0.15, 0.2) is 11.6 Å². The summed E-state index contributed by atoms with van der Waals surface area (Å²) in [6.45, 7) is 0. The van der Waals surface area contributed by atoms with Crippen LogP contribution < -0.4 is 5.73 Å². The van der Waals surface area contributed by atoms with Gasteiger partial charge in [-0.3, -0.25) is 9.59 Å². The summed E-state index contributed by atoms with van der Waals surface area (Å²) in [4.78, 5) is 21.0. The molecule has 1 aromatic carbocycles. The van der Waals surface area contributed by atoms with E-state index in [1.165, 1.54) is 0 Å². The van der Waals surface area contributed by atoms with Crippen molar-refractivity contribution in [1.82, 2.24) is 0 Å². The number of benzene rings is 1. The van der Waals surface area contributed by atoms with Crippen LogP contribution in [-0.4, -0.2) is 23.4 Å². The highest BCUT2D eigenvalue weighted by molar-refractivity contribution is 5.79. The summed E-state index contributed by atoms with van der Waals surface area (Å²) < 4.78 is 25.6. The largest absolute Gasteiger partial charge is 0.480 e. The third-order valence-corrected chi connectivity index (χ3v) is 2.07. The Bertz CT molecular complexity index is 434. The minimum atomic E-state index is -1.28. The van der Waals surface area contributed by atoms with Gasteiger partial charge in [0.1, 0.15) is 12.3 Å². The second-order valence-electron chi connectivity index (χ2n) is 3.23. The number of aldehydes is 1. The Balaban J connectivity index is 3.07. The van der Waals surface area contributed by atoms with Crippen LogP contribution >= 0.6 is 0 Å². The fraction of sp³-hybridized carbons (Fsp3) is 0.200. The number of rotatable bonds is 4. The van der Waals surface area contributed by atoms with Crippen molar-refractivity contribution in [2.75, 3.05) is 0 Å². The molecule has 1 rings (SSSR count). The Morgan fingerprint density at radius 3 is 2.50 bits per heavy atom. The van der Waals surface area contributed by atoms with Gasteiger partial charge in [-0.05, 0) is 24.1 Å². The summed E-state index contributed by atoms with van der Waals surface area (Å²) in [7, 11) is 0. The second kappa shape index (κ2) is 4.80. The summed E-state index contributed by atoms with van der Waals surface area (Å²) in [6.07, 6.45) is 0.0903. The molecule has 0 aliphatic heterocycles. The summed E-state index contributed by atoms with van der Waals surface area (Å²) in [5.74, 6) is -3.57. The highest BCUT2D eigenvalue weighted by Gasteiger charge is 2.16. The fourth-order valence-electron chi connectivity index (χ4n) is 1.21. The van der Waals surface area contributed by atoms with Crippen LogP contribution in [0.15, 0.2) is 12.1 Å². The van der Waals surface area contributed by atoms with Crippen molar-refractivity contribution < 1.29 is 23.5 Å². The molecule has 0 radical (unpaired) electrons. The Hall–Kier alpha value is -1.82. The molecule has 0 spiro atoms. The molecule has 0 saturated carbocycles. The van der Waals surface area contributed by atoms with Crippen LogP contribution in [0.3, 0.4) is 0 Å². The number of carboxylic acid groups (broad SMARTS) is 1. The fourth-order valence-corrected chi connectivity index (χ4v) is 1.21. The maximum Gasteiger partial charge on any atom is 0.320 e. The van der Waals surface area contributed by atoms with E-state index < -0.39 is 23.6 Å². The standard InChI is InChI=1S/C10H9F2NO3/c11-7-1-5(3-9(13)10(15)16)6(4-14)2-8(7)12/h1-2,4,9H,3,13H2,(H,15,16). The topological polar surface area (TPSA) is 80.4 Å². The van der Waals surface area contributed by atoms with Gasteiger partial charge in [0.2, 0.25) is 0 Å². The second-order valence-corrected chi connectivity index (χ2v) is 3.23. The zero-order valence-electron chi connectivity index (χ0n) is 8.11. The smallest absolute Gasteiger partial charge is 0.320 e. The van der Waals surface area contributed by atoms with Crippen molar-refractivity contribution in [3.63, 3.8) is 0 Å². The van der Waals surface area contributed by atoms with Gasteiger partial charge in [-0.2, -0.15) is 0 Å². The van der Waals surface area contributed by atoms with E-state index in [2.05, 4.69) is 0 Å². The third-order valence-electron chi connectivity index (χ3n) is 2.07. The zero-order valence-corrected chi connectivity index (χ0v) is 8.11. The molecular weight excluding hydrogens is 220 g/mol. The normalized spacial score (nSPS) is 12.2. The SMILES string of the molecule is NC(Cc1cc(F)c(F)cc1C=O)C(=O)O. The molecule has 1 aromatic rings. The maximum atomic E-state index is 12.9. The lowest BCUT2D eigenvalue weighted by Gasteiger charge is -2.09. The quantitative estimate of drug-likeness (QED) is 0.746. The van der Waals surface area contributed by atoms with E-state index in [-0.39, 0.29) is 17.5 Å². The molecular formula is C10H9F2NO3. The average molecular weight is 229 g/mol. The molecule has 0 fully saturated rings. The molecule has 0 aliphatic rings. The minimum absolute atomic E-state index is 0.0730. The van der Waals surface area contributed by atoms with Crippen molar-refractivity contribution in [3.8, 4) is 0 Å². The van der Waals surface area contributed by atoms with Gasteiger partial charge in [0, 0.05) is 5.56 Å². The van der Waals surface area contributed by atoms with E-state index in [0.29, 0.717) is 12.4 Å². The molecule has 3 N–H and O–H groups in total. The molecule has 0 amide bonds. The summed E-state index contributed by atoms with van der Waals surface area (Å²) in [5, 5.41) is 8.55. The van der Waals surface area contributed by atoms with Gasteiger partial charge in [-0.1, -0.05) is 0 Å². The van der Waals surface area contributed by atoms with Crippen molar-refractivity contribution in [2.24, 2.45) is 5.73 Å². The Morgan fingerprint density at radius 1 is 1.44 bits per heavy atom. The van der Waals surface area contributed by atoms with Crippen molar-refractivity contribution >= 4 is 12.3 Å². The van der Waals surface area contributed by atoms with Crippen LogP contribution in [0.1, 0.15) is 15.9 Å². The van der Waals surface area contributed by atoms with Crippen LogP contribution in [0.4, 0.5) is 8.78 Å². The number of carbonyl (C=O) groups excluding carboxylic acids is 1. The predicted octanol–water partition coefficient (Wildman–Crippen LogP) is 0.732. The molecule has 4 nitrogen and oxygen atoms in total. The molecule has 0 aliphatic carbocycles. The molecule has 1 unspecified atom stereocenters. The van der Waals surface area contributed by atoms with E-state index in [1.54, 1.807) is 0 Å². The Morgan fingerprint density at radius 2 is 2.00 bits per heavy atom. The van der Waals surface area contributed by atoms with Crippen molar-refractivity contribution in [2.45, 2.75) is 12.5 Å². The van der Waals surface area contributed by atoms with Gasteiger partial charge < -0.3 is 10.8 Å². The van der Waals surface area contributed by atoms with E-state index in [9.17, 15) is 18.4 Å². The number of carbonyl (C=O) groups is 2. The highest BCUT2D eigenvalue weighted by Crippen LogP contribution is 2.15. The lowest BCUT2D eigenvalue weighted by Crippen LogP contribution is -2.32. The van der Waals surface area contributed by atoms with Crippen LogP contribution in [0.5, 0.6) is 0 Å². The first kappa shape index (κ1) is 12.3. The molecule has 0 saturated heterocycles. The molecule has 6 heteroatoms. The van der Waals surface area contributed by atoms with Crippen LogP contribution in [0.25, 0.3) is 0 Å². The summed E-state index contributed by atoms with van der Waals surface area (Å²) >= 11 is 0. The summed E-state index contributed by atoms with van der Waals surface area (Å²) in [6, 6.07) is 0.234. The number of halogens is 2. The lowest BCUT2D eigenvalue weighted by molar-refractivity contribution is -0.138.